The third-order valence-corrected chi connectivity index (χ3v) is 6.16. The van der Waals surface area contributed by atoms with Crippen molar-refractivity contribution in [1.29, 1.82) is 0 Å². The van der Waals surface area contributed by atoms with Gasteiger partial charge in [0.05, 0.1) is 16.4 Å². The van der Waals surface area contributed by atoms with Crippen molar-refractivity contribution in [2.24, 2.45) is 0 Å². The van der Waals surface area contributed by atoms with Crippen molar-refractivity contribution in [2.45, 2.75) is 17.1 Å². The molecular formula is C17H19NO5S2. The Balaban J connectivity index is 1.90. The second kappa shape index (κ2) is 7.79. The normalized spacial score (nSPS) is 11.9. The lowest BCUT2D eigenvalue weighted by atomic mass is 10.2. The van der Waals surface area contributed by atoms with Crippen LogP contribution in [0.1, 0.15) is 12.0 Å². The molecule has 0 aromatic heterocycles. The first kappa shape index (κ1) is 19.1. The fraction of sp³-hybridized carbons (Fsp3) is 0.235. The molecule has 6 nitrogen and oxygen atoms in total. The van der Waals surface area contributed by atoms with E-state index in [1.165, 1.54) is 24.3 Å². The van der Waals surface area contributed by atoms with Crippen LogP contribution >= 0.6 is 0 Å². The highest BCUT2D eigenvalue weighted by molar-refractivity contribution is 7.91. The van der Waals surface area contributed by atoms with E-state index >= 15 is 0 Å². The van der Waals surface area contributed by atoms with Gasteiger partial charge in [0.2, 0.25) is 5.91 Å². The highest BCUT2D eigenvalue weighted by Gasteiger charge is 2.15. The van der Waals surface area contributed by atoms with Crippen LogP contribution < -0.4 is 5.32 Å². The molecule has 1 amide bonds. The Morgan fingerprint density at radius 1 is 0.920 bits per heavy atom. The summed E-state index contributed by atoms with van der Waals surface area (Å²) in [5.41, 5.74) is 1.09. The van der Waals surface area contributed by atoms with Crippen LogP contribution in [0.3, 0.4) is 0 Å². The smallest absolute Gasteiger partial charge is 0.225 e. The van der Waals surface area contributed by atoms with Crippen LogP contribution in [-0.2, 0) is 30.2 Å². The second-order valence-corrected chi connectivity index (χ2v) is 9.87. The van der Waals surface area contributed by atoms with Crippen LogP contribution in [0.2, 0.25) is 0 Å². The molecule has 0 aliphatic heterocycles. The number of hydrogen-bond acceptors (Lipinski definition) is 5. The topological polar surface area (TPSA) is 97.4 Å². The zero-order chi connectivity index (χ0) is 18.5. The third kappa shape index (κ3) is 6.32. The molecule has 0 bridgehead atoms. The van der Waals surface area contributed by atoms with Gasteiger partial charge in [0.1, 0.15) is 0 Å². The Bertz CT molecular complexity index is 934. The summed E-state index contributed by atoms with van der Waals surface area (Å²) in [5, 5.41) is 2.56. The summed E-state index contributed by atoms with van der Waals surface area (Å²) >= 11 is 0. The zero-order valence-electron chi connectivity index (χ0n) is 13.7. The lowest BCUT2D eigenvalue weighted by molar-refractivity contribution is -0.115. The van der Waals surface area contributed by atoms with Crippen molar-refractivity contribution >= 4 is 31.3 Å². The summed E-state index contributed by atoms with van der Waals surface area (Å²) in [6, 6.07) is 14.5. The van der Waals surface area contributed by atoms with Gasteiger partial charge in [-0.2, -0.15) is 0 Å². The number of amides is 1. The minimum Gasteiger partial charge on any atom is -0.326 e. The monoisotopic (exact) mass is 381 g/mol. The summed E-state index contributed by atoms with van der Waals surface area (Å²) in [6.07, 6.45) is 0.932. The Morgan fingerprint density at radius 3 is 2.08 bits per heavy atom. The molecule has 25 heavy (non-hydrogen) atoms. The first-order chi connectivity index (χ1) is 11.7. The number of rotatable bonds is 7. The first-order valence-electron chi connectivity index (χ1n) is 7.50. The van der Waals surface area contributed by atoms with Crippen molar-refractivity contribution < 1.29 is 21.6 Å². The van der Waals surface area contributed by atoms with Gasteiger partial charge in [-0.25, -0.2) is 16.8 Å². The van der Waals surface area contributed by atoms with Gasteiger partial charge in [0, 0.05) is 18.4 Å². The number of nitrogens with one attached hydrogen (secondary N) is 1. The van der Waals surface area contributed by atoms with E-state index in [2.05, 4.69) is 5.32 Å². The lowest BCUT2D eigenvalue weighted by Crippen LogP contribution is -2.18. The standard InChI is InChI=1S/C17H19NO5S2/c1-24(20,21)16-9-7-15(8-10-16)18-17(19)11-12-25(22,23)13-14-5-3-2-4-6-14/h2-10H,11-13H2,1H3,(H,18,19). The predicted octanol–water partition coefficient (Wildman–Crippen LogP) is 2.03. The van der Waals surface area contributed by atoms with Crippen LogP contribution in [0.4, 0.5) is 5.69 Å². The van der Waals surface area contributed by atoms with Crippen molar-refractivity contribution in [3.05, 3.63) is 60.2 Å². The SMILES string of the molecule is CS(=O)(=O)c1ccc(NC(=O)CCS(=O)(=O)Cc2ccccc2)cc1. The number of carbonyl (C=O) groups is 1. The minimum atomic E-state index is -3.39. The fourth-order valence-electron chi connectivity index (χ4n) is 2.16. The zero-order valence-corrected chi connectivity index (χ0v) is 15.3. The summed E-state index contributed by atoms with van der Waals surface area (Å²) in [4.78, 5) is 12.0. The summed E-state index contributed by atoms with van der Waals surface area (Å²) in [6.45, 7) is 0. The maximum absolute atomic E-state index is 12.1. The molecule has 2 rings (SSSR count). The Labute approximate surface area is 147 Å². The molecule has 134 valence electrons. The van der Waals surface area contributed by atoms with Gasteiger partial charge >= 0.3 is 0 Å². The van der Waals surface area contributed by atoms with E-state index < -0.39 is 25.6 Å². The van der Waals surface area contributed by atoms with Crippen molar-refractivity contribution in [1.82, 2.24) is 0 Å². The van der Waals surface area contributed by atoms with Gasteiger partial charge in [-0.15, -0.1) is 0 Å². The predicted molar refractivity (Wildman–Crippen MR) is 96.7 cm³/mol. The van der Waals surface area contributed by atoms with E-state index in [1.54, 1.807) is 30.3 Å². The molecule has 0 saturated heterocycles. The average molecular weight is 381 g/mol. The van der Waals surface area contributed by atoms with Gasteiger partial charge in [0.15, 0.2) is 19.7 Å². The van der Waals surface area contributed by atoms with E-state index in [1.807, 2.05) is 0 Å². The molecule has 0 saturated carbocycles. The van der Waals surface area contributed by atoms with Gasteiger partial charge < -0.3 is 5.32 Å². The summed E-state index contributed by atoms with van der Waals surface area (Å²) < 4.78 is 46.9. The molecule has 0 aliphatic carbocycles. The van der Waals surface area contributed by atoms with E-state index in [4.69, 9.17) is 0 Å². The quantitative estimate of drug-likeness (QED) is 0.791. The Hall–Kier alpha value is -2.19. The molecule has 0 spiro atoms. The molecule has 0 aliphatic rings. The van der Waals surface area contributed by atoms with Gasteiger partial charge in [0.25, 0.3) is 0 Å². The Kier molecular flexibility index (Phi) is 5.97. The molecule has 2 aromatic rings. The van der Waals surface area contributed by atoms with Crippen LogP contribution in [0.25, 0.3) is 0 Å². The highest BCUT2D eigenvalue weighted by atomic mass is 32.2. The summed E-state index contributed by atoms with van der Waals surface area (Å²) in [7, 11) is -6.69. The molecular weight excluding hydrogens is 362 g/mol. The molecule has 1 N–H and O–H groups in total. The van der Waals surface area contributed by atoms with Crippen LogP contribution in [-0.4, -0.2) is 34.8 Å². The number of sulfone groups is 2. The molecule has 0 atom stereocenters. The van der Waals surface area contributed by atoms with Gasteiger partial charge in [-0.3, -0.25) is 4.79 Å². The van der Waals surface area contributed by atoms with Crippen molar-refractivity contribution in [3.63, 3.8) is 0 Å². The first-order valence-corrected chi connectivity index (χ1v) is 11.2. The Morgan fingerprint density at radius 2 is 1.52 bits per heavy atom. The van der Waals surface area contributed by atoms with E-state index in [0.717, 1.165) is 6.26 Å². The van der Waals surface area contributed by atoms with Crippen molar-refractivity contribution in [3.8, 4) is 0 Å². The average Bonchev–Trinajstić information content (AvgIpc) is 2.53. The molecule has 0 unspecified atom stereocenters. The van der Waals surface area contributed by atoms with E-state index in [-0.39, 0.29) is 22.8 Å². The van der Waals surface area contributed by atoms with Gasteiger partial charge in [-0.1, -0.05) is 30.3 Å². The third-order valence-electron chi connectivity index (χ3n) is 3.44. The molecule has 0 heterocycles. The van der Waals surface area contributed by atoms with Crippen molar-refractivity contribution in [2.75, 3.05) is 17.3 Å². The number of benzene rings is 2. The number of anilines is 1. The van der Waals surface area contributed by atoms with Crippen LogP contribution in [0, 0.1) is 0 Å². The fourth-order valence-corrected chi connectivity index (χ4v) is 4.13. The van der Waals surface area contributed by atoms with E-state index in [9.17, 15) is 21.6 Å². The van der Waals surface area contributed by atoms with Crippen LogP contribution in [0.5, 0.6) is 0 Å². The maximum Gasteiger partial charge on any atom is 0.225 e. The second-order valence-electron chi connectivity index (χ2n) is 5.67. The molecule has 2 aromatic carbocycles. The summed E-state index contributed by atoms with van der Waals surface area (Å²) in [5.74, 6) is -0.803. The van der Waals surface area contributed by atoms with Gasteiger partial charge in [-0.05, 0) is 29.8 Å². The number of hydrogen-bond donors (Lipinski definition) is 1. The lowest BCUT2D eigenvalue weighted by Gasteiger charge is -2.07. The highest BCUT2D eigenvalue weighted by Crippen LogP contribution is 2.14. The molecule has 0 radical (unpaired) electrons. The maximum atomic E-state index is 12.1. The molecule has 8 heteroatoms. The number of carbonyl (C=O) groups excluding carboxylic acids is 1. The largest absolute Gasteiger partial charge is 0.326 e. The van der Waals surface area contributed by atoms with E-state index in [0.29, 0.717) is 11.3 Å². The minimum absolute atomic E-state index is 0.107. The van der Waals surface area contributed by atoms with Crippen LogP contribution in [0.15, 0.2) is 59.5 Å². The molecule has 0 fully saturated rings.